The summed E-state index contributed by atoms with van der Waals surface area (Å²) in [4.78, 5) is 14.0. The topological polar surface area (TPSA) is 124 Å². The third-order valence-electron chi connectivity index (χ3n) is 11.8. The van der Waals surface area contributed by atoms with Gasteiger partial charge in [0.2, 0.25) is 5.91 Å². The maximum absolute atomic E-state index is 14.0. The van der Waals surface area contributed by atoms with E-state index in [1.165, 1.54) is 16.7 Å². The standard InChI is InChI=1S/C44H63N3O7P2S/c1-9-51-55(49,52-10-2)40(56(50,53-11-3)54-12-4)30-45-36-20-14-32(15-21-36)28-33-16-22-37(23-17-33)46-42(57)47-41(48)44(8)27-13-26-43(7)38-24-18-34(31(5)6)29-35(38)19-25-39(43)44/h14-18,20-24,29,31,39-40,45H,9-13,19,25-28,30H2,1-8H3,(H2,46,47,48,57)/t39-,43-,44-/m1/s1. The van der Waals surface area contributed by atoms with Crippen molar-refractivity contribution in [3.05, 3.63) is 94.5 Å². The van der Waals surface area contributed by atoms with Crippen LogP contribution in [0.3, 0.4) is 0 Å². The lowest BCUT2D eigenvalue weighted by atomic mass is 9.49. The number of thiocarbonyl (C=S) groups is 1. The molecule has 3 N–H and O–H groups in total. The molecule has 5 rings (SSSR count). The predicted molar refractivity (Wildman–Crippen MR) is 236 cm³/mol. The molecule has 0 aliphatic heterocycles. The average Bonchev–Trinajstić information content (AvgIpc) is 3.16. The zero-order valence-corrected chi connectivity index (χ0v) is 37.6. The number of rotatable bonds is 18. The van der Waals surface area contributed by atoms with E-state index in [2.05, 4.69) is 61.8 Å². The van der Waals surface area contributed by atoms with Crippen LogP contribution in [0.25, 0.3) is 0 Å². The molecule has 1 saturated carbocycles. The number of anilines is 2. The molecule has 2 aliphatic rings. The number of carbonyl (C=O) groups excluding carboxylic acids is 1. The second-order valence-corrected chi connectivity index (χ2v) is 21.2. The van der Waals surface area contributed by atoms with E-state index in [1.807, 2.05) is 48.5 Å². The Morgan fingerprint density at radius 1 is 0.807 bits per heavy atom. The molecule has 2 aliphatic carbocycles. The second-order valence-electron chi connectivity index (χ2n) is 15.9. The number of benzene rings is 3. The highest BCUT2D eigenvalue weighted by Crippen LogP contribution is 2.70. The third kappa shape index (κ3) is 10.3. The Hall–Kier alpha value is -2.88. The lowest BCUT2D eigenvalue weighted by Gasteiger charge is -2.54. The van der Waals surface area contributed by atoms with Gasteiger partial charge in [0.05, 0.1) is 31.8 Å². The molecule has 0 aromatic heterocycles. The van der Waals surface area contributed by atoms with E-state index in [1.54, 1.807) is 27.7 Å². The Morgan fingerprint density at radius 3 is 1.88 bits per heavy atom. The van der Waals surface area contributed by atoms with Gasteiger partial charge in [0.25, 0.3) is 0 Å². The molecule has 1 amide bonds. The zero-order chi connectivity index (χ0) is 41.4. The Labute approximate surface area is 346 Å². The summed E-state index contributed by atoms with van der Waals surface area (Å²) in [5, 5.41) is 8.71. The van der Waals surface area contributed by atoms with E-state index in [9.17, 15) is 13.9 Å². The molecular formula is C44H63N3O7P2S. The van der Waals surface area contributed by atoms with Gasteiger partial charge in [-0.05, 0) is 141 Å². The van der Waals surface area contributed by atoms with Gasteiger partial charge in [0, 0.05) is 17.9 Å². The van der Waals surface area contributed by atoms with E-state index in [4.69, 9.17) is 30.3 Å². The van der Waals surface area contributed by atoms with Crippen molar-refractivity contribution < 1.29 is 32.0 Å². The second kappa shape index (κ2) is 19.5. The van der Waals surface area contributed by atoms with Crippen molar-refractivity contribution >= 4 is 49.8 Å². The fourth-order valence-corrected chi connectivity index (χ4v) is 14.3. The molecule has 0 heterocycles. The van der Waals surface area contributed by atoms with Gasteiger partial charge in [-0.1, -0.05) is 76.6 Å². The first kappa shape index (κ1) is 45.2. The summed E-state index contributed by atoms with van der Waals surface area (Å²) in [5.74, 6) is 0.729. The van der Waals surface area contributed by atoms with Crippen molar-refractivity contribution in [2.24, 2.45) is 11.3 Å². The molecule has 13 heteroatoms. The number of hydrogen-bond donors (Lipinski definition) is 3. The minimum atomic E-state index is -3.86. The summed E-state index contributed by atoms with van der Waals surface area (Å²) in [7, 11) is -7.73. The molecule has 10 nitrogen and oxygen atoms in total. The molecule has 3 aromatic rings. The Bertz CT molecular complexity index is 1890. The number of fused-ring (bicyclic) bond motifs is 3. The summed E-state index contributed by atoms with van der Waals surface area (Å²) in [6.07, 6.45) is 5.63. The maximum atomic E-state index is 14.0. The molecule has 0 spiro atoms. The molecule has 0 saturated heterocycles. The lowest BCUT2D eigenvalue weighted by molar-refractivity contribution is -0.137. The van der Waals surface area contributed by atoms with Gasteiger partial charge in [0.1, 0.15) is 0 Å². The van der Waals surface area contributed by atoms with Crippen LogP contribution < -0.4 is 16.0 Å². The highest BCUT2D eigenvalue weighted by Gasteiger charge is 2.55. The van der Waals surface area contributed by atoms with Crippen molar-refractivity contribution in [3.8, 4) is 0 Å². The van der Waals surface area contributed by atoms with Crippen molar-refractivity contribution in [2.45, 2.75) is 111 Å². The van der Waals surface area contributed by atoms with E-state index >= 15 is 0 Å². The highest BCUT2D eigenvalue weighted by atomic mass is 32.1. The Kier molecular flexibility index (Phi) is 15.4. The van der Waals surface area contributed by atoms with Gasteiger partial charge in [0.15, 0.2) is 10.5 Å². The molecule has 312 valence electrons. The summed E-state index contributed by atoms with van der Waals surface area (Å²) in [5.41, 5.74) is 7.42. The molecule has 3 atom stereocenters. The Morgan fingerprint density at radius 2 is 1.35 bits per heavy atom. The molecule has 3 aromatic carbocycles. The van der Waals surface area contributed by atoms with Gasteiger partial charge >= 0.3 is 15.2 Å². The largest absolute Gasteiger partial charge is 0.383 e. The van der Waals surface area contributed by atoms with Gasteiger partial charge in [-0.15, -0.1) is 0 Å². The van der Waals surface area contributed by atoms with Crippen LogP contribution in [0.2, 0.25) is 0 Å². The van der Waals surface area contributed by atoms with Crippen LogP contribution >= 0.6 is 27.4 Å². The SMILES string of the molecule is CCOP(=O)(OCC)C(CNc1ccc(Cc2ccc(NC(=S)NC(=O)[C@]3(C)CCC[C@]4(C)c5ccc(C(C)C)cc5CC[C@@H]34)cc2)cc1)P(=O)(OCC)OCC. The first-order chi connectivity index (χ1) is 27.1. The predicted octanol–water partition coefficient (Wildman–Crippen LogP) is 11.2. The van der Waals surface area contributed by atoms with E-state index in [-0.39, 0.29) is 50.2 Å². The maximum Gasteiger partial charge on any atom is 0.347 e. The minimum absolute atomic E-state index is 0.00144. The molecule has 0 unspecified atom stereocenters. The van der Waals surface area contributed by atoms with Crippen LogP contribution in [0.4, 0.5) is 11.4 Å². The lowest BCUT2D eigenvalue weighted by Crippen LogP contribution is -2.56. The average molecular weight is 840 g/mol. The quantitative estimate of drug-likeness (QED) is 0.0842. The van der Waals surface area contributed by atoms with Gasteiger partial charge in [-0.25, -0.2) is 0 Å². The van der Waals surface area contributed by atoms with Crippen molar-refractivity contribution in [2.75, 3.05) is 43.6 Å². The Balaban J connectivity index is 1.18. The zero-order valence-electron chi connectivity index (χ0n) is 35.0. The van der Waals surface area contributed by atoms with Gasteiger partial charge in [-0.2, -0.15) is 0 Å². The normalized spacial score (nSPS) is 20.8. The van der Waals surface area contributed by atoms with E-state index < -0.39 is 26.0 Å². The first-order valence-electron chi connectivity index (χ1n) is 20.6. The van der Waals surface area contributed by atoms with Crippen LogP contribution in [0.5, 0.6) is 0 Å². The van der Waals surface area contributed by atoms with Crippen LogP contribution in [0, 0.1) is 11.3 Å². The van der Waals surface area contributed by atoms with Gasteiger partial charge in [-0.3, -0.25) is 13.9 Å². The number of hydrogen-bond acceptors (Lipinski definition) is 9. The summed E-state index contributed by atoms with van der Waals surface area (Å²) < 4.78 is 50.1. The summed E-state index contributed by atoms with van der Waals surface area (Å²) >= 11 is 5.68. The molecule has 1 fully saturated rings. The fraction of sp³-hybridized carbons (Fsp3) is 0.545. The number of nitrogens with one attached hydrogen (secondary N) is 3. The summed E-state index contributed by atoms with van der Waals surface area (Å²) in [6, 6.07) is 22.9. The van der Waals surface area contributed by atoms with E-state index in [0.717, 1.165) is 54.6 Å². The molecule has 57 heavy (non-hydrogen) atoms. The van der Waals surface area contributed by atoms with Crippen LogP contribution in [-0.2, 0) is 50.3 Å². The number of carbonyl (C=O) groups is 1. The fourth-order valence-electron chi connectivity index (χ4n) is 8.98. The van der Waals surface area contributed by atoms with Crippen molar-refractivity contribution in [1.29, 1.82) is 0 Å². The van der Waals surface area contributed by atoms with Crippen molar-refractivity contribution in [3.63, 3.8) is 0 Å². The molecule has 0 bridgehead atoms. The molecular weight excluding hydrogens is 777 g/mol. The first-order valence-corrected chi connectivity index (χ1v) is 24.2. The van der Waals surface area contributed by atoms with Crippen LogP contribution in [0.15, 0.2) is 66.7 Å². The van der Waals surface area contributed by atoms with E-state index in [0.29, 0.717) is 17.5 Å². The number of amides is 1. The smallest absolute Gasteiger partial charge is 0.347 e. The van der Waals surface area contributed by atoms with Crippen LogP contribution in [0.1, 0.15) is 115 Å². The third-order valence-corrected chi connectivity index (χ3v) is 18.0. The van der Waals surface area contributed by atoms with Crippen molar-refractivity contribution in [1.82, 2.24) is 5.32 Å². The highest BCUT2D eigenvalue weighted by molar-refractivity contribution is 7.80. The monoisotopic (exact) mass is 839 g/mol. The number of aryl methyl sites for hydroxylation is 1. The summed E-state index contributed by atoms with van der Waals surface area (Å²) in [6.45, 7) is 16.3. The molecule has 0 radical (unpaired) electrons. The van der Waals surface area contributed by atoms with Crippen LogP contribution in [-0.4, -0.2) is 49.4 Å². The van der Waals surface area contributed by atoms with Gasteiger partial charge < -0.3 is 34.0 Å². The minimum Gasteiger partial charge on any atom is -0.383 e.